The molecule has 0 aliphatic carbocycles. The molecule has 9 aromatic rings. The van der Waals surface area contributed by atoms with Crippen LogP contribution < -0.4 is 4.90 Å². The molecule has 0 fully saturated rings. The van der Waals surface area contributed by atoms with Gasteiger partial charge in [-0.1, -0.05) is 72.8 Å². The Morgan fingerprint density at radius 2 is 0.863 bits per heavy atom. The monoisotopic (exact) mass is 684 g/mol. The molecule has 6 heteroatoms. The van der Waals surface area contributed by atoms with Gasteiger partial charge in [0.1, 0.15) is 0 Å². The number of thiophene rings is 2. The van der Waals surface area contributed by atoms with Crippen molar-refractivity contribution < 1.29 is 0 Å². The van der Waals surface area contributed by atoms with Gasteiger partial charge in [-0.15, -0.1) is 22.7 Å². The molecule has 0 aliphatic rings. The zero-order valence-electron chi connectivity index (χ0n) is 27.0. The van der Waals surface area contributed by atoms with Crippen molar-refractivity contribution in [3.8, 4) is 34.4 Å². The lowest BCUT2D eigenvalue weighted by Crippen LogP contribution is -2.09. The van der Waals surface area contributed by atoms with E-state index in [1.54, 1.807) is 22.7 Å². The smallest absolute Gasteiger partial charge is 0.188 e. The molecule has 9 rings (SSSR count). The predicted octanol–water partition coefficient (Wildman–Crippen LogP) is 13.5. The normalized spacial score (nSPS) is 11.1. The Bertz CT molecular complexity index is 2930. The summed E-state index contributed by atoms with van der Waals surface area (Å²) in [6.45, 7) is 7.40. The maximum atomic E-state index is 9.47. The Balaban J connectivity index is 1.12. The number of fused-ring (bicyclic) bond motifs is 6. The second-order valence-electron chi connectivity index (χ2n) is 12.3. The molecule has 4 nitrogen and oxygen atoms in total. The van der Waals surface area contributed by atoms with E-state index in [-0.39, 0.29) is 0 Å². The van der Waals surface area contributed by atoms with Gasteiger partial charge in [0.15, 0.2) is 5.69 Å². The molecule has 0 saturated heterocycles. The largest absolute Gasteiger partial charge is 0.310 e. The summed E-state index contributed by atoms with van der Waals surface area (Å²) < 4.78 is 4.60. The molecule has 0 amide bonds. The lowest BCUT2D eigenvalue weighted by molar-refractivity contribution is 1.29. The van der Waals surface area contributed by atoms with Gasteiger partial charge in [0.2, 0.25) is 0 Å². The summed E-state index contributed by atoms with van der Waals surface area (Å²) in [4.78, 5) is 5.89. The van der Waals surface area contributed by atoms with Crippen LogP contribution in [-0.4, -0.2) is 0 Å². The lowest BCUT2D eigenvalue weighted by atomic mass is 10.0. The van der Waals surface area contributed by atoms with Crippen molar-refractivity contribution in [2.45, 2.75) is 0 Å². The van der Waals surface area contributed by atoms with Crippen molar-refractivity contribution in [2.24, 2.45) is 0 Å². The Morgan fingerprint density at radius 1 is 0.431 bits per heavy atom. The first-order chi connectivity index (χ1) is 25.1. The molecule has 51 heavy (non-hydrogen) atoms. The molecule has 0 radical (unpaired) electrons. The third kappa shape index (κ3) is 5.35. The van der Waals surface area contributed by atoms with Gasteiger partial charge in [0.25, 0.3) is 0 Å². The summed E-state index contributed by atoms with van der Waals surface area (Å²) in [6.07, 6.45) is 0. The van der Waals surface area contributed by atoms with E-state index in [2.05, 4.69) is 113 Å². The van der Waals surface area contributed by atoms with Crippen LogP contribution in [0.15, 0.2) is 146 Å². The van der Waals surface area contributed by atoms with Gasteiger partial charge in [0.05, 0.1) is 29.8 Å². The first kappa shape index (κ1) is 30.3. The van der Waals surface area contributed by atoms with Crippen molar-refractivity contribution in [3.63, 3.8) is 0 Å². The van der Waals surface area contributed by atoms with E-state index in [1.165, 1.54) is 20.9 Å². The molecule has 0 atom stereocenters. The summed E-state index contributed by atoms with van der Waals surface area (Å²) in [5, 5.41) is 23.4. The van der Waals surface area contributed by atoms with E-state index in [4.69, 9.17) is 6.57 Å². The summed E-state index contributed by atoms with van der Waals surface area (Å²) >= 11 is 3.43. The number of hydrogen-bond acceptors (Lipinski definition) is 5. The number of nitriles is 2. The van der Waals surface area contributed by atoms with Crippen LogP contribution in [0, 0.1) is 29.2 Å². The fraction of sp³-hybridized carbons (Fsp3) is 0. The van der Waals surface area contributed by atoms with Gasteiger partial charge in [-0.2, -0.15) is 10.5 Å². The third-order valence-electron chi connectivity index (χ3n) is 9.36. The molecule has 0 unspecified atom stereocenters. The van der Waals surface area contributed by atoms with Crippen LogP contribution >= 0.6 is 22.7 Å². The Morgan fingerprint density at radius 3 is 1.47 bits per heavy atom. The van der Waals surface area contributed by atoms with Crippen LogP contribution in [0.25, 0.3) is 67.4 Å². The Labute approximate surface area is 302 Å². The number of anilines is 3. The average Bonchev–Trinajstić information content (AvgIpc) is 3.75. The quantitative estimate of drug-likeness (QED) is 0.170. The van der Waals surface area contributed by atoms with Crippen molar-refractivity contribution in [2.75, 3.05) is 4.90 Å². The van der Waals surface area contributed by atoms with E-state index >= 15 is 0 Å². The van der Waals surface area contributed by atoms with Crippen molar-refractivity contribution in [3.05, 3.63) is 168 Å². The minimum atomic E-state index is 0.643. The van der Waals surface area contributed by atoms with Gasteiger partial charge in [-0.05, 0) is 100 Å². The van der Waals surface area contributed by atoms with Crippen LogP contribution in [0.4, 0.5) is 22.7 Å². The van der Waals surface area contributed by atoms with Crippen LogP contribution in [-0.2, 0) is 0 Å². The van der Waals surface area contributed by atoms with E-state index < -0.39 is 0 Å². The van der Waals surface area contributed by atoms with Crippen LogP contribution in [0.3, 0.4) is 0 Å². The maximum Gasteiger partial charge on any atom is 0.188 e. The zero-order valence-corrected chi connectivity index (χ0v) is 28.6. The molecule has 236 valence electrons. The number of rotatable bonds is 5. The van der Waals surface area contributed by atoms with E-state index in [9.17, 15) is 10.5 Å². The average molecular weight is 685 g/mol. The van der Waals surface area contributed by atoms with Gasteiger partial charge in [0, 0.05) is 52.0 Å². The highest BCUT2D eigenvalue weighted by molar-refractivity contribution is 7.26. The first-order valence-corrected chi connectivity index (χ1v) is 17.9. The fourth-order valence-electron chi connectivity index (χ4n) is 6.78. The second kappa shape index (κ2) is 12.3. The predicted molar refractivity (Wildman–Crippen MR) is 213 cm³/mol. The minimum Gasteiger partial charge on any atom is -0.310 e. The topological polar surface area (TPSA) is 55.2 Å². The molecular weight excluding hydrogens is 661 g/mol. The third-order valence-corrected chi connectivity index (χ3v) is 11.6. The van der Waals surface area contributed by atoms with Crippen molar-refractivity contribution >= 4 is 85.8 Å². The summed E-state index contributed by atoms with van der Waals surface area (Å²) in [6, 6.07) is 54.4. The summed E-state index contributed by atoms with van der Waals surface area (Å²) in [7, 11) is 0. The molecule has 2 heterocycles. The van der Waals surface area contributed by atoms with Crippen LogP contribution in [0.1, 0.15) is 11.1 Å². The van der Waals surface area contributed by atoms with Gasteiger partial charge >= 0.3 is 0 Å². The van der Waals surface area contributed by atoms with E-state index in [0.717, 1.165) is 58.8 Å². The first-order valence-electron chi connectivity index (χ1n) is 16.3. The van der Waals surface area contributed by atoms with Gasteiger partial charge in [-0.25, -0.2) is 4.85 Å². The number of benzene rings is 7. The van der Waals surface area contributed by atoms with Crippen LogP contribution in [0.5, 0.6) is 0 Å². The zero-order chi connectivity index (χ0) is 34.5. The lowest BCUT2D eigenvalue weighted by Gasteiger charge is -2.26. The highest BCUT2D eigenvalue weighted by Crippen LogP contribution is 2.42. The second-order valence-corrected chi connectivity index (χ2v) is 14.5. The molecule has 0 bridgehead atoms. The highest BCUT2D eigenvalue weighted by Gasteiger charge is 2.16. The molecule has 0 N–H and O–H groups in total. The van der Waals surface area contributed by atoms with Crippen LogP contribution in [0.2, 0.25) is 0 Å². The number of nitrogens with zero attached hydrogens (tertiary/aromatic N) is 4. The molecule has 7 aromatic carbocycles. The Kier molecular flexibility index (Phi) is 7.31. The summed E-state index contributed by atoms with van der Waals surface area (Å²) in [5.41, 5.74) is 9.48. The standard InChI is InChI=1S/C45H24N4S2/c1-48-34-12-20-40-39-19-11-33(23-43(39)51-44(40)24-34)32-9-15-36(16-10-32)49(35-13-7-31(8-14-35)30-5-2-28(26-46)3-6-30)37-17-21-41-38-18-4-29(27-47)22-42(38)50-45(41)25-37/h2-25H. The maximum absolute atomic E-state index is 9.47. The van der Waals surface area contributed by atoms with Crippen molar-refractivity contribution in [1.29, 1.82) is 10.5 Å². The Hall–Kier alpha value is -6.75. The minimum absolute atomic E-state index is 0.643. The van der Waals surface area contributed by atoms with E-state index in [0.29, 0.717) is 16.8 Å². The van der Waals surface area contributed by atoms with E-state index in [1.807, 2.05) is 54.6 Å². The molecule has 0 aliphatic heterocycles. The SMILES string of the molecule is [C-]#[N+]c1ccc2c(c1)sc1cc(-c3ccc(N(c4ccc(-c5ccc(C#N)cc5)cc4)c4ccc5c(c4)sc4cc(C#N)ccc45)cc3)ccc12. The van der Waals surface area contributed by atoms with Crippen molar-refractivity contribution in [1.82, 2.24) is 0 Å². The molecule has 2 aromatic heterocycles. The highest BCUT2D eigenvalue weighted by atomic mass is 32.1. The molecule has 0 spiro atoms. The fourth-order valence-corrected chi connectivity index (χ4v) is 9.14. The summed E-state index contributed by atoms with van der Waals surface area (Å²) in [5.74, 6) is 0. The number of hydrogen-bond donors (Lipinski definition) is 0. The molecular formula is C45H24N4S2. The molecule has 0 saturated carbocycles. The van der Waals surface area contributed by atoms with Gasteiger partial charge in [-0.3, -0.25) is 0 Å². The van der Waals surface area contributed by atoms with Gasteiger partial charge < -0.3 is 4.90 Å².